The van der Waals surface area contributed by atoms with Gasteiger partial charge >= 0.3 is 0 Å². The Kier molecular flexibility index (Phi) is 6.01. The van der Waals surface area contributed by atoms with Crippen LogP contribution in [0, 0.1) is 6.92 Å². The van der Waals surface area contributed by atoms with Crippen LogP contribution in [0.2, 0.25) is 0 Å². The van der Waals surface area contributed by atoms with E-state index in [0.717, 1.165) is 34.2 Å². The number of nitrogens with zero attached hydrogens (tertiary/aromatic N) is 2. The van der Waals surface area contributed by atoms with Crippen LogP contribution in [-0.4, -0.2) is 37.3 Å². The van der Waals surface area contributed by atoms with E-state index >= 15 is 0 Å². The van der Waals surface area contributed by atoms with Crippen molar-refractivity contribution >= 4 is 23.0 Å². The van der Waals surface area contributed by atoms with Crippen molar-refractivity contribution in [2.75, 3.05) is 20.7 Å². The van der Waals surface area contributed by atoms with Crippen molar-refractivity contribution in [2.45, 2.75) is 25.9 Å². The molecule has 2 atom stereocenters. The fraction of sp³-hybridized carbons (Fsp3) is 0.304. The van der Waals surface area contributed by atoms with E-state index in [2.05, 4.69) is 18.4 Å². The molecular formula is C23H26N3O3S+. The molecule has 1 amide bonds. The van der Waals surface area contributed by atoms with Crippen LogP contribution >= 0.6 is 11.3 Å². The molecule has 0 saturated carbocycles. The van der Waals surface area contributed by atoms with Crippen LogP contribution in [0.15, 0.2) is 63.6 Å². The number of benzene rings is 1. The number of furan rings is 1. The molecule has 1 unspecified atom stereocenters. The zero-order valence-electron chi connectivity index (χ0n) is 17.4. The second-order valence-corrected chi connectivity index (χ2v) is 8.59. The Morgan fingerprint density at radius 1 is 1.30 bits per heavy atom. The molecule has 1 aliphatic heterocycles. The van der Waals surface area contributed by atoms with Crippen LogP contribution in [0.3, 0.4) is 0 Å². The summed E-state index contributed by atoms with van der Waals surface area (Å²) in [6.45, 7) is 3.30. The molecule has 3 aromatic rings. The Labute approximate surface area is 180 Å². The summed E-state index contributed by atoms with van der Waals surface area (Å²) in [5.41, 5.74) is 3.14. The van der Waals surface area contributed by atoms with Crippen LogP contribution in [0.4, 0.5) is 0 Å². The Bertz CT molecular complexity index is 1020. The van der Waals surface area contributed by atoms with E-state index in [1.807, 2.05) is 43.4 Å². The standard InChI is InChI=1S/C23H25N3O3S/c1-16-10-12-30-22(16)14-25(2)15-23(27)26-20(21-5-4-11-29-21)13-19(24-26)17-6-8-18(28-3)9-7-17/h4-12,20H,13-15H2,1-3H3/p+1/t20-/m1/s1. The first-order valence-corrected chi connectivity index (χ1v) is 10.8. The number of quaternary nitrogens is 1. The zero-order valence-corrected chi connectivity index (χ0v) is 18.2. The number of rotatable bonds is 7. The summed E-state index contributed by atoms with van der Waals surface area (Å²) < 4.78 is 10.9. The highest BCUT2D eigenvalue weighted by Crippen LogP contribution is 2.33. The molecule has 1 N–H and O–H groups in total. The molecule has 0 spiro atoms. The topological polar surface area (TPSA) is 59.5 Å². The molecule has 0 bridgehead atoms. The molecule has 1 aliphatic rings. The minimum Gasteiger partial charge on any atom is -0.497 e. The zero-order chi connectivity index (χ0) is 21.1. The molecule has 0 radical (unpaired) electrons. The molecule has 0 saturated heterocycles. The average molecular weight is 425 g/mol. The third-order valence-corrected chi connectivity index (χ3v) is 6.37. The van der Waals surface area contributed by atoms with E-state index in [1.165, 1.54) is 10.4 Å². The number of carbonyl (C=O) groups excluding carboxylic acids is 1. The van der Waals surface area contributed by atoms with Gasteiger partial charge in [-0.05, 0) is 65.9 Å². The average Bonchev–Trinajstić information content (AvgIpc) is 3.49. The van der Waals surface area contributed by atoms with Gasteiger partial charge in [-0.3, -0.25) is 4.79 Å². The van der Waals surface area contributed by atoms with Crippen molar-refractivity contribution in [3.05, 3.63) is 75.9 Å². The summed E-state index contributed by atoms with van der Waals surface area (Å²) in [5, 5.41) is 8.40. The van der Waals surface area contributed by atoms with Gasteiger partial charge in [-0.1, -0.05) is 0 Å². The van der Waals surface area contributed by atoms with E-state index in [4.69, 9.17) is 14.3 Å². The van der Waals surface area contributed by atoms with Crippen molar-refractivity contribution in [3.8, 4) is 5.75 Å². The minimum absolute atomic E-state index is 0.00776. The minimum atomic E-state index is -0.221. The number of methoxy groups -OCH3 is 1. The highest BCUT2D eigenvalue weighted by atomic mass is 32.1. The highest BCUT2D eigenvalue weighted by Gasteiger charge is 2.36. The van der Waals surface area contributed by atoms with Crippen LogP contribution in [-0.2, 0) is 11.3 Å². The molecule has 3 heterocycles. The molecule has 156 valence electrons. The van der Waals surface area contributed by atoms with Crippen molar-refractivity contribution in [3.63, 3.8) is 0 Å². The fourth-order valence-electron chi connectivity index (χ4n) is 3.66. The molecule has 1 aromatic carbocycles. The van der Waals surface area contributed by atoms with Gasteiger partial charge in [0.1, 0.15) is 24.1 Å². The molecule has 6 nitrogen and oxygen atoms in total. The summed E-state index contributed by atoms with van der Waals surface area (Å²) in [6.07, 6.45) is 2.26. The number of hydrogen-bond donors (Lipinski definition) is 1. The van der Waals surface area contributed by atoms with Gasteiger partial charge in [0.25, 0.3) is 5.91 Å². The lowest BCUT2D eigenvalue weighted by Gasteiger charge is -2.21. The second-order valence-electron chi connectivity index (χ2n) is 7.59. The van der Waals surface area contributed by atoms with Crippen molar-refractivity contribution in [1.82, 2.24) is 5.01 Å². The maximum atomic E-state index is 13.2. The SMILES string of the molecule is COc1ccc(C2=NN(C(=O)C[NH+](C)Cc3sccc3C)[C@@H](c3ccco3)C2)cc1. The smallest absolute Gasteiger partial charge is 0.298 e. The first kappa shape index (κ1) is 20.4. The Balaban J connectivity index is 1.53. The number of nitrogens with one attached hydrogen (secondary N) is 1. The number of ether oxygens (including phenoxy) is 1. The van der Waals surface area contributed by atoms with Gasteiger partial charge < -0.3 is 14.1 Å². The van der Waals surface area contributed by atoms with E-state index in [0.29, 0.717) is 13.0 Å². The Morgan fingerprint density at radius 3 is 2.73 bits per heavy atom. The molecular weight excluding hydrogens is 398 g/mol. The number of aryl methyl sites for hydroxylation is 1. The molecule has 30 heavy (non-hydrogen) atoms. The predicted octanol–water partition coefficient (Wildman–Crippen LogP) is 3.05. The number of likely N-dealkylation sites (N-methyl/N-ethyl adjacent to an activating group) is 1. The predicted molar refractivity (Wildman–Crippen MR) is 117 cm³/mol. The maximum absolute atomic E-state index is 13.2. The summed E-state index contributed by atoms with van der Waals surface area (Å²) in [6, 6.07) is 13.4. The van der Waals surface area contributed by atoms with Gasteiger partial charge in [0, 0.05) is 6.42 Å². The summed E-state index contributed by atoms with van der Waals surface area (Å²) in [5.74, 6) is 1.54. The van der Waals surface area contributed by atoms with Gasteiger partial charge in [-0.25, -0.2) is 5.01 Å². The number of thiophene rings is 1. The monoisotopic (exact) mass is 424 g/mol. The quantitative estimate of drug-likeness (QED) is 0.634. The molecule has 7 heteroatoms. The lowest BCUT2D eigenvalue weighted by atomic mass is 10.0. The lowest BCUT2D eigenvalue weighted by Crippen LogP contribution is -3.08. The van der Waals surface area contributed by atoms with Crippen molar-refractivity contribution < 1.29 is 18.8 Å². The summed E-state index contributed by atoms with van der Waals surface area (Å²) in [4.78, 5) is 15.6. The third-order valence-electron chi connectivity index (χ3n) is 5.34. The number of amides is 1. The lowest BCUT2D eigenvalue weighted by molar-refractivity contribution is -0.885. The molecule has 2 aromatic heterocycles. The van der Waals surface area contributed by atoms with E-state index in [1.54, 1.807) is 29.7 Å². The Morgan fingerprint density at radius 2 is 2.10 bits per heavy atom. The highest BCUT2D eigenvalue weighted by molar-refractivity contribution is 7.10. The third kappa shape index (κ3) is 4.32. The molecule has 0 aliphatic carbocycles. The number of hydrogen-bond acceptors (Lipinski definition) is 5. The first-order chi connectivity index (χ1) is 14.5. The molecule has 0 fully saturated rings. The van der Waals surface area contributed by atoms with Crippen LogP contribution in [0.1, 0.15) is 34.2 Å². The van der Waals surface area contributed by atoms with Gasteiger partial charge in [0.15, 0.2) is 6.54 Å². The normalized spacial score (nSPS) is 17.1. The van der Waals surface area contributed by atoms with E-state index < -0.39 is 0 Å². The van der Waals surface area contributed by atoms with Gasteiger partial charge in [0.05, 0.1) is 31.0 Å². The number of carbonyl (C=O) groups is 1. The first-order valence-electron chi connectivity index (χ1n) is 9.96. The fourth-order valence-corrected chi connectivity index (χ4v) is 4.68. The summed E-state index contributed by atoms with van der Waals surface area (Å²) >= 11 is 1.74. The van der Waals surface area contributed by atoms with E-state index in [-0.39, 0.29) is 11.9 Å². The second kappa shape index (κ2) is 8.85. The van der Waals surface area contributed by atoms with Crippen molar-refractivity contribution in [2.24, 2.45) is 5.10 Å². The Hall–Kier alpha value is -2.90. The van der Waals surface area contributed by atoms with E-state index in [9.17, 15) is 4.79 Å². The summed E-state index contributed by atoms with van der Waals surface area (Å²) in [7, 11) is 3.69. The maximum Gasteiger partial charge on any atom is 0.298 e. The van der Waals surface area contributed by atoms with Crippen LogP contribution in [0.25, 0.3) is 0 Å². The van der Waals surface area contributed by atoms with Gasteiger partial charge in [0.2, 0.25) is 0 Å². The van der Waals surface area contributed by atoms with Crippen LogP contribution in [0.5, 0.6) is 5.75 Å². The van der Waals surface area contributed by atoms with Gasteiger partial charge in [-0.2, -0.15) is 5.10 Å². The number of hydrazone groups is 1. The molecule has 4 rings (SSSR count). The van der Waals surface area contributed by atoms with Crippen molar-refractivity contribution in [1.29, 1.82) is 0 Å². The van der Waals surface area contributed by atoms with Gasteiger partial charge in [-0.15, -0.1) is 11.3 Å². The van der Waals surface area contributed by atoms with Crippen LogP contribution < -0.4 is 9.64 Å². The largest absolute Gasteiger partial charge is 0.497 e.